The van der Waals surface area contributed by atoms with Gasteiger partial charge in [0.15, 0.2) is 0 Å². The molecule has 1 unspecified atom stereocenters. The van der Waals surface area contributed by atoms with Gasteiger partial charge in [0.2, 0.25) is 0 Å². The summed E-state index contributed by atoms with van der Waals surface area (Å²) in [5, 5.41) is 10.4. The molecular formula is C15H20O. The van der Waals surface area contributed by atoms with Crippen LogP contribution >= 0.6 is 0 Å². The molecule has 86 valence electrons. The van der Waals surface area contributed by atoms with E-state index >= 15 is 0 Å². The van der Waals surface area contributed by atoms with E-state index in [-0.39, 0.29) is 6.10 Å². The lowest BCUT2D eigenvalue weighted by Crippen LogP contribution is -2.22. The van der Waals surface area contributed by atoms with Gasteiger partial charge in [-0.05, 0) is 48.6 Å². The zero-order valence-electron chi connectivity index (χ0n) is 9.73. The minimum absolute atomic E-state index is 0.203. The van der Waals surface area contributed by atoms with Crippen LogP contribution in [0.2, 0.25) is 0 Å². The fraction of sp³-hybridized carbons (Fsp3) is 0.600. The summed E-state index contributed by atoms with van der Waals surface area (Å²) in [4.78, 5) is 0. The van der Waals surface area contributed by atoms with E-state index < -0.39 is 0 Å². The first kappa shape index (κ1) is 10.3. The van der Waals surface area contributed by atoms with E-state index in [9.17, 15) is 5.11 Å². The second-order valence-electron chi connectivity index (χ2n) is 5.39. The highest BCUT2D eigenvalue weighted by Gasteiger charge is 2.30. The van der Waals surface area contributed by atoms with Crippen molar-refractivity contribution in [3.05, 3.63) is 35.4 Å². The van der Waals surface area contributed by atoms with Crippen molar-refractivity contribution in [3.63, 3.8) is 0 Å². The van der Waals surface area contributed by atoms with Crippen LogP contribution in [0, 0.1) is 5.92 Å². The molecule has 2 saturated carbocycles. The first-order valence-corrected chi connectivity index (χ1v) is 6.63. The lowest BCUT2D eigenvalue weighted by molar-refractivity contribution is 0.0607. The van der Waals surface area contributed by atoms with Crippen LogP contribution < -0.4 is 0 Å². The zero-order chi connectivity index (χ0) is 11.0. The summed E-state index contributed by atoms with van der Waals surface area (Å²) in [5.74, 6) is 1.26. The Morgan fingerprint density at radius 2 is 1.69 bits per heavy atom. The van der Waals surface area contributed by atoms with E-state index in [1.807, 2.05) is 0 Å². The standard InChI is InChI=1S/C15H20O/c16-15(12-7-4-8-12)14-10-2-1-9-13(14)11-5-3-6-11/h1-2,9-12,15-16H,3-8H2. The van der Waals surface area contributed by atoms with Gasteiger partial charge in [0.25, 0.3) is 0 Å². The third kappa shape index (κ3) is 1.67. The summed E-state index contributed by atoms with van der Waals surface area (Å²) in [7, 11) is 0. The summed E-state index contributed by atoms with van der Waals surface area (Å²) >= 11 is 0. The first-order valence-electron chi connectivity index (χ1n) is 6.63. The van der Waals surface area contributed by atoms with Crippen molar-refractivity contribution < 1.29 is 5.11 Å². The Bertz CT molecular complexity index is 363. The Labute approximate surface area is 97.5 Å². The van der Waals surface area contributed by atoms with Gasteiger partial charge in [-0.3, -0.25) is 0 Å². The SMILES string of the molecule is OC(c1ccccc1C1CCC1)C1CCC1. The van der Waals surface area contributed by atoms with E-state index in [1.54, 1.807) is 0 Å². The van der Waals surface area contributed by atoms with Gasteiger partial charge in [-0.15, -0.1) is 0 Å². The molecule has 2 aliphatic rings. The van der Waals surface area contributed by atoms with Gasteiger partial charge in [-0.2, -0.15) is 0 Å². The predicted molar refractivity (Wildman–Crippen MR) is 65.3 cm³/mol. The van der Waals surface area contributed by atoms with Crippen LogP contribution in [0.15, 0.2) is 24.3 Å². The first-order chi connectivity index (χ1) is 7.86. The normalized spacial score (nSPS) is 23.6. The molecule has 1 aromatic carbocycles. The maximum Gasteiger partial charge on any atom is 0.0820 e. The fourth-order valence-electron chi connectivity index (χ4n) is 2.88. The summed E-state index contributed by atoms with van der Waals surface area (Å²) in [5.41, 5.74) is 2.64. The quantitative estimate of drug-likeness (QED) is 0.815. The molecule has 0 aromatic heterocycles. The van der Waals surface area contributed by atoms with Crippen molar-refractivity contribution in [1.29, 1.82) is 0 Å². The zero-order valence-corrected chi connectivity index (χ0v) is 9.73. The largest absolute Gasteiger partial charge is 0.388 e. The van der Waals surface area contributed by atoms with Crippen molar-refractivity contribution in [2.75, 3.05) is 0 Å². The number of hydrogen-bond acceptors (Lipinski definition) is 1. The third-order valence-corrected chi connectivity index (χ3v) is 4.46. The van der Waals surface area contributed by atoms with Crippen LogP contribution in [0.25, 0.3) is 0 Å². The van der Waals surface area contributed by atoms with Gasteiger partial charge in [0.05, 0.1) is 6.10 Å². The van der Waals surface area contributed by atoms with Gasteiger partial charge in [0.1, 0.15) is 0 Å². The summed E-state index contributed by atoms with van der Waals surface area (Å²) in [6.07, 6.45) is 7.50. The number of hydrogen-bond donors (Lipinski definition) is 1. The van der Waals surface area contributed by atoms with E-state index in [4.69, 9.17) is 0 Å². The molecule has 1 atom stereocenters. The Hall–Kier alpha value is -0.820. The molecule has 1 heteroatoms. The van der Waals surface area contributed by atoms with Crippen molar-refractivity contribution in [3.8, 4) is 0 Å². The third-order valence-electron chi connectivity index (χ3n) is 4.46. The van der Waals surface area contributed by atoms with Crippen LogP contribution in [-0.4, -0.2) is 5.11 Å². The van der Waals surface area contributed by atoms with Crippen LogP contribution in [0.4, 0.5) is 0 Å². The van der Waals surface area contributed by atoms with Crippen molar-refractivity contribution in [1.82, 2.24) is 0 Å². The highest BCUT2D eigenvalue weighted by Crippen LogP contribution is 2.44. The number of aliphatic hydroxyl groups is 1. The summed E-state index contributed by atoms with van der Waals surface area (Å²) < 4.78 is 0. The Morgan fingerprint density at radius 3 is 2.25 bits per heavy atom. The average molecular weight is 216 g/mol. The molecule has 1 nitrogen and oxygen atoms in total. The molecule has 0 spiro atoms. The molecule has 16 heavy (non-hydrogen) atoms. The lowest BCUT2D eigenvalue weighted by Gasteiger charge is -2.34. The molecule has 0 saturated heterocycles. The fourth-order valence-corrected chi connectivity index (χ4v) is 2.88. The van der Waals surface area contributed by atoms with Crippen molar-refractivity contribution in [2.24, 2.45) is 5.92 Å². The van der Waals surface area contributed by atoms with Crippen LogP contribution in [0.3, 0.4) is 0 Å². The van der Waals surface area contributed by atoms with E-state index in [0.29, 0.717) is 5.92 Å². The minimum atomic E-state index is -0.203. The molecule has 0 amide bonds. The molecular weight excluding hydrogens is 196 g/mol. The molecule has 1 N–H and O–H groups in total. The number of rotatable bonds is 3. The highest BCUT2D eigenvalue weighted by molar-refractivity contribution is 5.33. The Kier molecular flexibility index (Phi) is 2.72. The van der Waals surface area contributed by atoms with E-state index in [2.05, 4.69) is 24.3 Å². The smallest absolute Gasteiger partial charge is 0.0820 e. The van der Waals surface area contributed by atoms with Gasteiger partial charge in [0, 0.05) is 0 Å². The maximum atomic E-state index is 10.4. The topological polar surface area (TPSA) is 20.2 Å². The average Bonchev–Trinajstić information content (AvgIpc) is 2.13. The summed E-state index contributed by atoms with van der Waals surface area (Å²) in [6.45, 7) is 0. The number of benzene rings is 1. The van der Waals surface area contributed by atoms with Gasteiger partial charge in [-0.1, -0.05) is 37.1 Å². The van der Waals surface area contributed by atoms with E-state index in [1.165, 1.54) is 49.7 Å². The summed E-state index contributed by atoms with van der Waals surface area (Å²) in [6, 6.07) is 8.54. The molecule has 0 aliphatic heterocycles. The molecule has 3 rings (SSSR count). The molecule has 0 radical (unpaired) electrons. The Balaban J connectivity index is 1.86. The minimum Gasteiger partial charge on any atom is -0.388 e. The molecule has 1 aromatic rings. The van der Waals surface area contributed by atoms with Crippen LogP contribution in [0.1, 0.15) is 61.7 Å². The highest BCUT2D eigenvalue weighted by atomic mass is 16.3. The second kappa shape index (κ2) is 4.21. The lowest BCUT2D eigenvalue weighted by atomic mass is 9.73. The predicted octanol–water partition coefficient (Wildman–Crippen LogP) is 3.79. The van der Waals surface area contributed by atoms with Gasteiger partial charge < -0.3 is 5.11 Å². The van der Waals surface area contributed by atoms with Crippen molar-refractivity contribution >= 4 is 0 Å². The van der Waals surface area contributed by atoms with Crippen molar-refractivity contribution in [2.45, 2.75) is 50.5 Å². The van der Waals surface area contributed by atoms with Gasteiger partial charge >= 0.3 is 0 Å². The molecule has 2 fully saturated rings. The second-order valence-corrected chi connectivity index (χ2v) is 5.39. The number of aliphatic hydroxyl groups excluding tert-OH is 1. The van der Waals surface area contributed by atoms with Crippen LogP contribution in [-0.2, 0) is 0 Å². The molecule has 0 bridgehead atoms. The molecule has 0 heterocycles. The van der Waals surface area contributed by atoms with Gasteiger partial charge in [-0.25, -0.2) is 0 Å². The molecule has 2 aliphatic carbocycles. The Morgan fingerprint density at radius 1 is 1.00 bits per heavy atom. The maximum absolute atomic E-state index is 10.4. The van der Waals surface area contributed by atoms with Crippen LogP contribution in [0.5, 0.6) is 0 Å². The van der Waals surface area contributed by atoms with E-state index in [0.717, 1.165) is 5.92 Å². The monoisotopic (exact) mass is 216 g/mol.